The predicted octanol–water partition coefficient (Wildman–Crippen LogP) is 4.09. The van der Waals surface area contributed by atoms with Crippen molar-refractivity contribution in [3.8, 4) is 0 Å². The van der Waals surface area contributed by atoms with Gasteiger partial charge in [0, 0.05) is 51.6 Å². The molecule has 6 nitrogen and oxygen atoms in total. The summed E-state index contributed by atoms with van der Waals surface area (Å²) in [4.78, 5) is 17.1. The summed E-state index contributed by atoms with van der Waals surface area (Å²) < 4.78 is 10.9. The van der Waals surface area contributed by atoms with Crippen LogP contribution in [0.5, 0.6) is 0 Å². The molecule has 1 amide bonds. The van der Waals surface area contributed by atoms with Crippen LogP contribution < -0.4 is 10.2 Å². The van der Waals surface area contributed by atoms with Gasteiger partial charge in [0.2, 0.25) is 0 Å². The van der Waals surface area contributed by atoms with Gasteiger partial charge in [-0.25, -0.2) is 0 Å². The number of ether oxygens (including phenoxy) is 2. The van der Waals surface area contributed by atoms with Crippen LogP contribution in [0.15, 0.2) is 54.6 Å². The maximum atomic E-state index is 12.3. The summed E-state index contributed by atoms with van der Waals surface area (Å²) >= 11 is 0. The van der Waals surface area contributed by atoms with E-state index in [-0.39, 0.29) is 18.1 Å². The van der Waals surface area contributed by atoms with Crippen molar-refractivity contribution in [1.29, 1.82) is 0 Å². The number of rotatable bonds is 12. The Labute approximate surface area is 192 Å². The number of likely N-dealkylation sites (N-methyl/N-ethyl adjacent to an activating group) is 1. The molecule has 2 atom stereocenters. The summed E-state index contributed by atoms with van der Waals surface area (Å²) in [5, 5.41) is 2.98. The van der Waals surface area contributed by atoms with Gasteiger partial charge >= 0.3 is 0 Å². The molecular weight excluding hydrogens is 402 g/mol. The largest absolute Gasteiger partial charge is 0.373 e. The van der Waals surface area contributed by atoms with Crippen LogP contribution in [0, 0.1) is 0 Å². The highest BCUT2D eigenvalue weighted by Gasteiger charge is 2.30. The maximum Gasteiger partial charge on any atom is 0.251 e. The molecule has 174 valence electrons. The molecule has 1 N–H and O–H groups in total. The molecule has 0 radical (unpaired) electrons. The van der Waals surface area contributed by atoms with Gasteiger partial charge in [-0.2, -0.15) is 0 Å². The zero-order valence-corrected chi connectivity index (χ0v) is 19.6. The first kappa shape index (κ1) is 24.2. The highest BCUT2D eigenvalue weighted by atomic mass is 16.7. The fourth-order valence-electron chi connectivity index (χ4n) is 4.16. The molecule has 1 heterocycles. The van der Waals surface area contributed by atoms with Crippen molar-refractivity contribution in [1.82, 2.24) is 10.2 Å². The molecule has 32 heavy (non-hydrogen) atoms. The quantitative estimate of drug-likeness (QED) is 0.399. The molecule has 0 aliphatic carbocycles. The second-order valence-electron chi connectivity index (χ2n) is 8.44. The third kappa shape index (κ3) is 6.79. The topological polar surface area (TPSA) is 54.0 Å². The highest BCUT2D eigenvalue weighted by Crippen LogP contribution is 2.28. The summed E-state index contributed by atoms with van der Waals surface area (Å²) in [6.45, 7) is 5.93. The molecule has 1 aliphatic heterocycles. The lowest BCUT2D eigenvalue weighted by atomic mass is 10.0. The predicted molar refractivity (Wildman–Crippen MR) is 129 cm³/mol. The lowest BCUT2D eigenvalue weighted by molar-refractivity contribution is -0.0679. The minimum atomic E-state index is -0.00557. The van der Waals surface area contributed by atoms with Gasteiger partial charge in [-0.05, 0) is 42.7 Å². The molecule has 6 heteroatoms. The maximum absolute atomic E-state index is 12.3. The SMILES string of the molecule is CCCCNC(=O)c1ccc(N(C)C[C@@H](c2ccccc2)N2CC[C@H](OCOC)C2)cc1. The van der Waals surface area contributed by atoms with Gasteiger partial charge in [-0.15, -0.1) is 0 Å². The third-order valence-corrected chi connectivity index (χ3v) is 6.06. The van der Waals surface area contributed by atoms with Gasteiger partial charge in [-0.1, -0.05) is 43.7 Å². The lowest BCUT2D eigenvalue weighted by Gasteiger charge is -2.33. The summed E-state index contributed by atoms with van der Waals surface area (Å²) in [7, 11) is 3.77. The molecule has 3 rings (SSSR count). The third-order valence-electron chi connectivity index (χ3n) is 6.06. The lowest BCUT2D eigenvalue weighted by Crippen LogP contribution is -2.36. The Bertz CT molecular complexity index is 813. The molecule has 2 aromatic rings. The van der Waals surface area contributed by atoms with Crippen LogP contribution in [0.2, 0.25) is 0 Å². The Morgan fingerprint density at radius 1 is 1.19 bits per heavy atom. The van der Waals surface area contributed by atoms with E-state index >= 15 is 0 Å². The summed E-state index contributed by atoms with van der Waals surface area (Å²) in [5.74, 6) is -0.00557. The normalized spacial score (nSPS) is 17.3. The van der Waals surface area contributed by atoms with Gasteiger partial charge < -0.3 is 19.7 Å². The summed E-state index contributed by atoms with van der Waals surface area (Å²) in [6, 6.07) is 18.8. The number of anilines is 1. The Hall–Kier alpha value is -2.41. The Balaban J connectivity index is 1.66. The molecule has 1 aliphatic rings. The van der Waals surface area contributed by atoms with Crippen molar-refractivity contribution < 1.29 is 14.3 Å². The average Bonchev–Trinajstić information content (AvgIpc) is 3.30. The first-order valence-corrected chi connectivity index (χ1v) is 11.6. The Morgan fingerprint density at radius 2 is 1.94 bits per heavy atom. The monoisotopic (exact) mass is 439 g/mol. The molecular formula is C26H37N3O3. The second-order valence-corrected chi connectivity index (χ2v) is 8.44. The van der Waals surface area contributed by atoms with Crippen LogP contribution in [0.25, 0.3) is 0 Å². The van der Waals surface area contributed by atoms with E-state index in [0.717, 1.165) is 51.1 Å². The Kier molecular flexibility index (Phi) is 9.53. The van der Waals surface area contributed by atoms with Crippen LogP contribution in [0.3, 0.4) is 0 Å². The number of hydrogen-bond donors (Lipinski definition) is 1. The van der Waals surface area contributed by atoms with Crippen molar-refractivity contribution in [2.45, 2.75) is 38.3 Å². The fraction of sp³-hybridized carbons (Fsp3) is 0.500. The summed E-state index contributed by atoms with van der Waals surface area (Å²) in [6.07, 6.45) is 3.29. The molecule has 1 fully saturated rings. The van der Waals surface area contributed by atoms with Gasteiger partial charge in [0.05, 0.1) is 12.1 Å². The molecule has 0 spiro atoms. The van der Waals surface area contributed by atoms with Crippen LogP contribution in [0.4, 0.5) is 5.69 Å². The van der Waals surface area contributed by atoms with Crippen molar-refractivity contribution in [3.05, 3.63) is 65.7 Å². The van der Waals surface area contributed by atoms with E-state index in [1.54, 1.807) is 7.11 Å². The zero-order valence-electron chi connectivity index (χ0n) is 19.6. The van der Waals surface area contributed by atoms with Crippen molar-refractivity contribution >= 4 is 11.6 Å². The van der Waals surface area contributed by atoms with Gasteiger partial charge in [0.15, 0.2) is 0 Å². The highest BCUT2D eigenvalue weighted by molar-refractivity contribution is 5.94. The van der Waals surface area contributed by atoms with Crippen LogP contribution in [-0.4, -0.2) is 64.0 Å². The van der Waals surface area contributed by atoms with E-state index in [0.29, 0.717) is 12.4 Å². The molecule has 0 saturated carbocycles. The molecule has 0 unspecified atom stereocenters. The zero-order chi connectivity index (χ0) is 22.8. The number of hydrogen-bond acceptors (Lipinski definition) is 5. The Morgan fingerprint density at radius 3 is 2.62 bits per heavy atom. The fourth-order valence-corrected chi connectivity index (χ4v) is 4.16. The number of nitrogens with zero attached hydrogens (tertiary/aromatic N) is 2. The summed E-state index contributed by atoms with van der Waals surface area (Å²) in [5.41, 5.74) is 3.11. The van der Waals surface area contributed by atoms with E-state index in [2.05, 4.69) is 59.4 Å². The van der Waals surface area contributed by atoms with Gasteiger partial charge in [0.25, 0.3) is 5.91 Å². The number of nitrogens with one attached hydrogen (secondary N) is 1. The van der Waals surface area contributed by atoms with Gasteiger partial charge in [0.1, 0.15) is 6.79 Å². The number of methoxy groups -OCH3 is 1. The number of amides is 1. The van der Waals surface area contributed by atoms with E-state index in [4.69, 9.17) is 9.47 Å². The minimum absolute atomic E-state index is 0.00557. The van der Waals surface area contributed by atoms with Crippen LogP contribution in [-0.2, 0) is 9.47 Å². The van der Waals surface area contributed by atoms with E-state index < -0.39 is 0 Å². The van der Waals surface area contributed by atoms with Crippen molar-refractivity contribution in [3.63, 3.8) is 0 Å². The van der Waals surface area contributed by atoms with E-state index in [1.165, 1.54) is 5.56 Å². The number of carbonyl (C=O) groups excluding carboxylic acids is 1. The molecule has 1 saturated heterocycles. The molecule has 0 aromatic heterocycles. The average molecular weight is 440 g/mol. The van der Waals surface area contributed by atoms with Crippen LogP contribution in [0.1, 0.15) is 48.1 Å². The first-order chi connectivity index (χ1) is 15.6. The number of carbonyl (C=O) groups is 1. The van der Waals surface area contributed by atoms with Crippen molar-refractivity contribution in [2.75, 3.05) is 52.0 Å². The number of likely N-dealkylation sites (tertiary alicyclic amines) is 1. The van der Waals surface area contributed by atoms with Crippen molar-refractivity contribution in [2.24, 2.45) is 0 Å². The number of unbranched alkanes of at least 4 members (excludes halogenated alkanes) is 1. The van der Waals surface area contributed by atoms with Gasteiger partial charge in [-0.3, -0.25) is 9.69 Å². The first-order valence-electron chi connectivity index (χ1n) is 11.6. The smallest absolute Gasteiger partial charge is 0.251 e. The van der Waals surface area contributed by atoms with Crippen LogP contribution >= 0.6 is 0 Å². The van der Waals surface area contributed by atoms with E-state index in [9.17, 15) is 4.79 Å². The second kappa shape index (κ2) is 12.6. The number of benzene rings is 2. The minimum Gasteiger partial charge on any atom is -0.373 e. The standard InChI is InChI=1S/C26H37N3O3/c1-4-5-16-27-26(30)22-11-13-23(14-12-22)28(2)19-25(21-9-7-6-8-10-21)29-17-15-24(18-29)32-20-31-3/h6-14,24-25H,4-5,15-20H2,1-3H3,(H,27,30)/t24-,25-/m0/s1. The molecule has 2 aromatic carbocycles. The van der Waals surface area contributed by atoms with E-state index in [1.807, 2.05) is 24.3 Å². The molecule has 0 bridgehead atoms.